The summed E-state index contributed by atoms with van der Waals surface area (Å²) in [6.45, 7) is 1.74. The van der Waals surface area contributed by atoms with Gasteiger partial charge in [0.25, 0.3) is 11.8 Å². The Kier molecular flexibility index (Phi) is 5.24. The summed E-state index contributed by atoms with van der Waals surface area (Å²) in [6, 6.07) is 5.55. The van der Waals surface area contributed by atoms with E-state index >= 15 is 0 Å². The molecule has 0 bridgehead atoms. The molecule has 26 heavy (non-hydrogen) atoms. The summed E-state index contributed by atoms with van der Waals surface area (Å²) in [4.78, 5) is 39.9. The van der Waals surface area contributed by atoms with Crippen molar-refractivity contribution in [1.82, 2.24) is 10.3 Å². The predicted octanol–water partition coefficient (Wildman–Crippen LogP) is 3.64. The lowest BCUT2D eigenvalue weighted by atomic mass is 10.3. The lowest BCUT2D eigenvalue weighted by Gasteiger charge is -2.06. The third kappa shape index (κ3) is 3.86. The summed E-state index contributed by atoms with van der Waals surface area (Å²) in [5.41, 5.74) is 0.509. The van der Waals surface area contributed by atoms with Gasteiger partial charge in [-0.05, 0) is 30.5 Å². The van der Waals surface area contributed by atoms with Crippen molar-refractivity contribution in [2.75, 3.05) is 11.9 Å². The van der Waals surface area contributed by atoms with Gasteiger partial charge in [-0.25, -0.2) is 14.2 Å². The maximum Gasteiger partial charge on any atom is 0.414 e. The number of hydrogen-bond acceptors (Lipinski definition) is 7. The van der Waals surface area contributed by atoms with Gasteiger partial charge in [0.2, 0.25) is 0 Å². The number of imide groups is 1. The number of halogens is 1. The molecular weight excluding hydrogens is 381 g/mol. The minimum Gasteiger partial charge on any atom is -0.450 e. The van der Waals surface area contributed by atoms with Crippen molar-refractivity contribution in [3.63, 3.8) is 0 Å². The number of amides is 3. The molecule has 0 radical (unpaired) electrons. The number of fused-ring (bicyclic) bond motifs is 1. The Labute approximate surface area is 154 Å². The number of rotatable bonds is 4. The minimum absolute atomic E-state index is 0.128. The topological polar surface area (TPSA) is 97.4 Å². The SMILES string of the molecule is CCOC(=O)NC(=O)c1ccsc1NC(=O)c1nc2cc(F)ccc2s1. The summed E-state index contributed by atoms with van der Waals surface area (Å²) in [5, 5.41) is 6.66. The number of anilines is 1. The summed E-state index contributed by atoms with van der Waals surface area (Å²) in [6.07, 6.45) is -0.867. The highest BCUT2D eigenvalue weighted by atomic mass is 32.1. The van der Waals surface area contributed by atoms with Crippen LogP contribution in [0.25, 0.3) is 10.2 Å². The Morgan fingerprint density at radius 2 is 2.04 bits per heavy atom. The van der Waals surface area contributed by atoms with E-state index in [-0.39, 0.29) is 22.2 Å². The van der Waals surface area contributed by atoms with Crippen molar-refractivity contribution in [2.45, 2.75) is 6.92 Å². The molecule has 10 heteroatoms. The number of aromatic nitrogens is 1. The standard InChI is InChI=1S/C16H12FN3O4S2/c1-2-24-16(23)20-12(21)9-5-6-25-14(9)19-13(22)15-18-10-7-8(17)3-4-11(10)26-15/h3-7H,2H2,1H3,(H,19,22)(H,20,21,23). The second-order valence-corrected chi connectivity index (χ2v) is 6.87. The van der Waals surface area contributed by atoms with Gasteiger partial charge in [-0.15, -0.1) is 22.7 Å². The molecule has 0 unspecified atom stereocenters. The number of thiophene rings is 1. The van der Waals surface area contributed by atoms with E-state index in [1.54, 1.807) is 18.4 Å². The Morgan fingerprint density at radius 1 is 1.23 bits per heavy atom. The third-order valence-corrected chi connectivity index (χ3v) is 5.04. The Hall–Kier alpha value is -2.85. The Bertz CT molecular complexity index is 998. The number of carbonyl (C=O) groups excluding carboxylic acids is 3. The van der Waals surface area contributed by atoms with E-state index in [4.69, 9.17) is 0 Å². The summed E-state index contributed by atoms with van der Waals surface area (Å²) < 4.78 is 18.6. The summed E-state index contributed by atoms with van der Waals surface area (Å²) >= 11 is 2.23. The van der Waals surface area contributed by atoms with Crippen LogP contribution in [0.3, 0.4) is 0 Å². The van der Waals surface area contributed by atoms with Gasteiger partial charge in [-0.2, -0.15) is 0 Å². The van der Waals surface area contributed by atoms with E-state index in [2.05, 4.69) is 20.4 Å². The quantitative estimate of drug-likeness (QED) is 0.705. The molecule has 0 aliphatic heterocycles. The van der Waals surface area contributed by atoms with E-state index in [1.165, 1.54) is 18.2 Å². The molecule has 0 saturated heterocycles. The molecule has 0 spiro atoms. The molecule has 0 saturated carbocycles. The van der Waals surface area contributed by atoms with Crippen molar-refractivity contribution in [3.8, 4) is 0 Å². The molecule has 0 fully saturated rings. The van der Waals surface area contributed by atoms with Gasteiger partial charge >= 0.3 is 6.09 Å². The van der Waals surface area contributed by atoms with Crippen LogP contribution in [0.15, 0.2) is 29.6 Å². The maximum atomic E-state index is 13.2. The summed E-state index contributed by atoms with van der Waals surface area (Å²) in [5.74, 6) is -1.66. The number of carbonyl (C=O) groups is 3. The smallest absolute Gasteiger partial charge is 0.414 e. The molecule has 2 aromatic heterocycles. The number of alkyl carbamates (subject to hydrolysis) is 1. The lowest BCUT2D eigenvalue weighted by molar-refractivity contribution is 0.0926. The van der Waals surface area contributed by atoms with Gasteiger partial charge in [-0.3, -0.25) is 14.9 Å². The van der Waals surface area contributed by atoms with E-state index in [9.17, 15) is 18.8 Å². The molecule has 134 valence electrons. The van der Waals surface area contributed by atoms with Gasteiger partial charge in [-0.1, -0.05) is 0 Å². The van der Waals surface area contributed by atoms with Crippen LogP contribution in [0.2, 0.25) is 0 Å². The fraction of sp³-hybridized carbons (Fsp3) is 0.125. The second kappa shape index (κ2) is 7.58. The zero-order chi connectivity index (χ0) is 18.7. The number of hydrogen-bond donors (Lipinski definition) is 2. The molecule has 0 atom stereocenters. The second-order valence-electron chi connectivity index (χ2n) is 4.92. The normalized spacial score (nSPS) is 10.5. The van der Waals surface area contributed by atoms with E-state index in [0.29, 0.717) is 10.2 Å². The van der Waals surface area contributed by atoms with Gasteiger partial charge in [0.05, 0.1) is 22.4 Å². The maximum absolute atomic E-state index is 13.2. The van der Waals surface area contributed by atoms with Crippen molar-refractivity contribution in [3.05, 3.63) is 46.0 Å². The molecule has 3 rings (SSSR count). The highest BCUT2D eigenvalue weighted by molar-refractivity contribution is 7.20. The first-order valence-corrected chi connectivity index (χ1v) is 9.10. The Morgan fingerprint density at radius 3 is 2.81 bits per heavy atom. The molecule has 0 aliphatic carbocycles. The van der Waals surface area contributed by atoms with Crippen molar-refractivity contribution < 1.29 is 23.5 Å². The number of thiazole rings is 1. The third-order valence-electron chi connectivity index (χ3n) is 3.17. The number of benzene rings is 1. The van der Waals surface area contributed by atoms with Crippen LogP contribution in [0.1, 0.15) is 27.1 Å². The molecule has 0 aliphatic rings. The molecule has 1 aromatic carbocycles. The van der Waals surface area contributed by atoms with Crippen LogP contribution in [-0.4, -0.2) is 29.5 Å². The van der Waals surface area contributed by atoms with Gasteiger partial charge < -0.3 is 10.1 Å². The number of nitrogens with one attached hydrogen (secondary N) is 2. The predicted molar refractivity (Wildman–Crippen MR) is 96.3 cm³/mol. The average molecular weight is 393 g/mol. The molecule has 7 nitrogen and oxygen atoms in total. The highest BCUT2D eigenvalue weighted by Crippen LogP contribution is 2.27. The van der Waals surface area contributed by atoms with Crippen LogP contribution in [0, 0.1) is 5.82 Å². The zero-order valence-electron chi connectivity index (χ0n) is 13.4. The first-order valence-electron chi connectivity index (χ1n) is 7.41. The average Bonchev–Trinajstić information content (AvgIpc) is 3.21. The molecule has 3 aromatic rings. The minimum atomic E-state index is -0.867. The first-order chi connectivity index (χ1) is 12.5. The van der Waals surface area contributed by atoms with E-state index in [1.807, 2.05) is 0 Å². The van der Waals surface area contributed by atoms with Crippen molar-refractivity contribution >= 4 is 55.8 Å². The van der Waals surface area contributed by atoms with E-state index < -0.39 is 23.7 Å². The fourth-order valence-corrected chi connectivity index (χ4v) is 3.69. The van der Waals surface area contributed by atoms with Crippen LogP contribution in [0.4, 0.5) is 14.2 Å². The molecular formula is C16H12FN3O4S2. The van der Waals surface area contributed by atoms with Crippen molar-refractivity contribution in [2.24, 2.45) is 0 Å². The molecule has 3 amide bonds. The lowest BCUT2D eigenvalue weighted by Crippen LogP contribution is -2.31. The molecule has 2 heterocycles. The van der Waals surface area contributed by atoms with Crippen LogP contribution < -0.4 is 10.6 Å². The Balaban J connectivity index is 1.76. The summed E-state index contributed by atoms with van der Waals surface area (Å²) in [7, 11) is 0. The number of nitrogens with zero attached hydrogens (tertiary/aromatic N) is 1. The van der Waals surface area contributed by atoms with Gasteiger partial charge in [0.1, 0.15) is 10.8 Å². The van der Waals surface area contributed by atoms with Crippen LogP contribution in [0.5, 0.6) is 0 Å². The first kappa shape index (κ1) is 18.0. The largest absolute Gasteiger partial charge is 0.450 e. The van der Waals surface area contributed by atoms with Crippen molar-refractivity contribution in [1.29, 1.82) is 0 Å². The monoisotopic (exact) mass is 393 g/mol. The van der Waals surface area contributed by atoms with Gasteiger partial charge in [0.15, 0.2) is 5.01 Å². The van der Waals surface area contributed by atoms with Crippen LogP contribution >= 0.6 is 22.7 Å². The fourth-order valence-electron chi connectivity index (χ4n) is 2.07. The molecule has 2 N–H and O–H groups in total. The number of ether oxygens (including phenoxy) is 1. The highest BCUT2D eigenvalue weighted by Gasteiger charge is 2.20. The van der Waals surface area contributed by atoms with E-state index in [0.717, 1.165) is 22.7 Å². The van der Waals surface area contributed by atoms with Gasteiger partial charge in [0, 0.05) is 6.07 Å². The zero-order valence-corrected chi connectivity index (χ0v) is 15.0. The van der Waals surface area contributed by atoms with Crippen LogP contribution in [-0.2, 0) is 4.74 Å².